The Kier molecular flexibility index (Phi) is 3.51. The minimum atomic E-state index is 0.128. The standard InChI is InChI=1S/C25H20N2O2/c28-24(15-10-11-15)19-7-3-5-17-18-6-4-8-20(25(29)16-12-13-16)23(18)27(22(17)19)21-9-1-2-14-26-21/h1-9,14-16H,10-13H2. The van der Waals surface area contributed by atoms with Crippen LogP contribution in [0.15, 0.2) is 60.8 Å². The first-order valence-corrected chi connectivity index (χ1v) is 10.3. The molecule has 2 aromatic heterocycles. The van der Waals surface area contributed by atoms with Crippen molar-refractivity contribution < 1.29 is 9.59 Å². The average Bonchev–Trinajstić information content (AvgIpc) is 3.68. The Labute approximate surface area is 168 Å². The van der Waals surface area contributed by atoms with Crippen LogP contribution in [-0.4, -0.2) is 21.1 Å². The van der Waals surface area contributed by atoms with Crippen LogP contribution in [0.1, 0.15) is 46.4 Å². The molecule has 0 amide bonds. The number of pyridine rings is 1. The highest BCUT2D eigenvalue weighted by Gasteiger charge is 2.35. The van der Waals surface area contributed by atoms with E-state index in [1.165, 1.54) is 0 Å². The van der Waals surface area contributed by atoms with Crippen molar-refractivity contribution in [1.82, 2.24) is 9.55 Å². The third-order valence-corrected chi connectivity index (χ3v) is 6.12. The van der Waals surface area contributed by atoms with E-state index in [0.29, 0.717) is 0 Å². The Hall–Kier alpha value is -3.27. The van der Waals surface area contributed by atoms with Crippen molar-refractivity contribution >= 4 is 33.4 Å². The number of hydrogen-bond donors (Lipinski definition) is 0. The predicted octanol–water partition coefficient (Wildman–Crippen LogP) is 5.36. The smallest absolute Gasteiger partial charge is 0.168 e. The van der Waals surface area contributed by atoms with Gasteiger partial charge in [0.15, 0.2) is 11.6 Å². The number of ketones is 2. The molecule has 0 spiro atoms. The van der Waals surface area contributed by atoms with E-state index in [4.69, 9.17) is 0 Å². The topological polar surface area (TPSA) is 52.0 Å². The molecule has 2 aromatic carbocycles. The number of rotatable bonds is 5. The molecule has 4 heteroatoms. The number of fused-ring (bicyclic) bond motifs is 3. The van der Waals surface area contributed by atoms with E-state index < -0.39 is 0 Å². The molecular formula is C25H20N2O2. The number of nitrogens with zero attached hydrogens (tertiary/aromatic N) is 2. The Balaban J connectivity index is 1.77. The third-order valence-electron chi connectivity index (χ3n) is 6.12. The quantitative estimate of drug-likeness (QED) is 0.438. The average molecular weight is 380 g/mol. The normalized spacial score (nSPS) is 16.4. The molecule has 0 bridgehead atoms. The van der Waals surface area contributed by atoms with Crippen molar-refractivity contribution in [1.29, 1.82) is 0 Å². The van der Waals surface area contributed by atoms with Gasteiger partial charge in [-0.3, -0.25) is 14.2 Å². The molecule has 0 unspecified atom stereocenters. The van der Waals surface area contributed by atoms with Crippen molar-refractivity contribution in [3.8, 4) is 5.82 Å². The highest BCUT2D eigenvalue weighted by atomic mass is 16.1. The summed E-state index contributed by atoms with van der Waals surface area (Å²) in [7, 11) is 0. The lowest BCUT2D eigenvalue weighted by Crippen LogP contribution is -2.08. The highest BCUT2D eigenvalue weighted by Crippen LogP contribution is 2.41. The second kappa shape index (κ2) is 6.11. The number of hydrogen-bond acceptors (Lipinski definition) is 3. The molecular weight excluding hydrogens is 360 g/mol. The van der Waals surface area contributed by atoms with Crippen LogP contribution in [0.2, 0.25) is 0 Å². The van der Waals surface area contributed by atoms with Crippen LogP contribution in [-0.2, 0) is 0 Å². The SMILES string of the molecule is O=C(c1cccc2c3cccc(C(=O)C4CC4)c3n(-c3ccccn3)c12)C1CC1. The van der Waals surface area contributed by atoms with Crippen molar-refractivity contribution in [2.45, 2.75) is 25.7 Å². The van der Waals surface area contributed by atoms with E-state index in [9.17, 15) is 9.59 Å². The fourth-order valence-corrected chi connectivity index (χ4v) is 4.36. The molecule has 0 radical (unpaired) electrons. The number of aromatic nitrogens is 2. The molecule has 2 fully saturated rings. The van der Waals surface area contributed by atoms with Gasteiger partial charge in [0, 0.05) is 39.9 Å². The molecule has 0 atom stereocenters. The van der Waals surface area contributed by atoms with Crippen LogP contribution in [0.3, 0.4) is 0 Å². The minimum absolute atomic E-state index is 0.128. The Morgan fingerprint density at radius 3 is 1.72 bits per heavy atom. The van der Waals surface area contributed by atoms with Crippen molar-refractivity contribution in [3.63, 3.8) is 0 Å². The van der Waals surface area contributed by atoms with Gasteiger partial charge in [-0.25, -0.2) is 4.98 Å². The zero-order chi connectivity index (χ0) is 19.5. The molecule has 2 aliphatic rings. The van der Waals surface area contributed by atoms with Crippen molar-refractivity contribution in [3.05, 3.63) is 71.9 Å². The first-order chi connectivity index (χ1) is 14.2. The van der Waals surface area contributed by atoms with E-state index in [2.05, 4.69) is 4.98 Å². The van der Waals surface area contributed by atoms with Gasteiger partial charge in [0.2, 0.25) is 0 Å². The second-order valence-corrected chi connectivity index (χ2v) is 8.20. The van der Waals surface area contributed by atoms with Gasteiger partial charge in [-0.05, 0) is 49.9 Å². The summed E-state index contributed by atoms with van der Waals surface area (Å²) in [5.41, 5.74) is 3.21. The summed E-state index contributed by atoms with van der Waals surface area (Å²) in [5.74, 6) is 1.39. The largest absolute Gasteiger partial charge is 0.294 e. The molecule has 2 aliphatic carbocycles. The molecule has 4 aromatic rings. The summed E-state index contributed by atoms with van der Waals surface area (Å²) in [6, 6.07) is 17.6. The molecule has 6 rings (SSSR count). The zero-order valence-corrected chi connectivity index (χ0v) is 16.0. The Morgan fingerprint density at radius 2 is 1.28 bits per heavy atom. The Morgan fingerprint density at radius 1 is 0.724 bits per heavy atom. The number of Topliss-reactive ketones (excluding diaryl/α,β-unsaturated/α-hetero) is 2. The highest BCUT2D eigenvalue weighted by molar-refractivity contribution is 6.21. The van der Waals surface area contributed by atoms with Gasteiger partial charge in [0.25, 0.3) is 0 Å². The molecule has 4 nitrogen and oxygen atoms in total. The Bertz CT molecular complexity index is 1210. The number of carbonyl (C=O) groups excluding carboxylic acids is 2. The maximum Gasteiger partial charge on any atom is 0.168 e. The van der Waals surface area contributed by atoms with Crippen LogP contribution >= 0.6 is 0 Å². The van der Waals surface area contributed by atoms with Crippen LogP contribution < -0.4 is 0 Å². The van der Waals surface area contributed by atoms with Crippen molar-refractivity contribution in [2.24, 2.45) is 11.8 Å². The maximum absolute atomic E-state index is 13.1. The molecule has 2 heterocycles. The van der Waals surface area contributed by atoms with E-state index in [0.717, 1.165) is 64.4 Å². The maximum atomic E-state index is 13.1. The fourth-order valence-electron chi connectivity index (χ4n) is 4.36. The summed E-state index contributed by atoms with van der Waals surface area (Å²) in [6.45, 7) is 0. The van der Waals surface area contributed by atoms with Gasteiger partial charge >= 0.3 is 0 Å². The van der Waals surface area contributed by atoms with Gasteiger partial charge in [-0.15, -0.1) is 0 Å². The van der Waals surface area contributed by atoms with Gasteiger partial charge in [0.1, 0.15) is 5.82 Å². The monoisotopic (exact) mass is 380 g/mol. The predicted molar refractivity (Wildman–Crippen MR) is 113 cm³/mol. The molecule has 0 saturated heterocycles. The number of carbonyl (C=O) groups is 2. The number of benzene rings is 2. The summed E-state index contributed by atoms with van der Waals surface area (Å²) in [4.78, 5) is 30.8. The zero-order valence-electron chi connectivity index (χ0n) is 16.0. The first-order valence-electron chi connectivity index (χ1n) is 10.3. The molecule has 29 heavy (non-hydrogen) atoms. The molecule has 2 saturated carbocycles. The minimum Gasteiger partial charge on any atom is -0.294 e. The molecule has 142 valence electrons. The molecule has 0 aliphatic heterocycles. The van der Waals surface area contributed by atoms with E-state index in [-0.39, 0.29) is 23.4 Å². The number of para-hydroxylation sites is 2. The lowest BCUT2D eigenvalue weighted by Gasteiger charge is -2.11. The first kappa shape index (κ1) is 16.7. The summed E-state index contributed by atoms with van der Waals surface area (Å²) < 4.78 is 2.04. The lowest BCUT2D eigenvalue weighted by molar-refractivity contribution is 0.0962. The molecule has 0 N–H and O–H groups in total. The third kappa shape index (κ3) is 2.55. The van der Waals surface area contributed by atoms with Gasteiger partial charge in [-0.2, -0.15) is 0 Å². The summed E-state index contributed by atoms with van der Waals surface area (Å²) in [5, 5.41) is 2.00. The summed E-state index contributed by atoms with van der Waals surface area (Å²) in [6.07, 6.45) is 5.60. The van der Waals surface area contributed by atoms with Crippen molar-refractivity contribution in [2.75, 3.05) is 0 Å². The fraction of sp³-hybridized carbons (Fsp3) is 0.240. The van der Waals surface area contributed by atoms with Crippen LogP contribution in [0, 0.1) is 11.8 Å². The van der Waals surface area contributed by atoms with E-state index in [1.54, 1.807) is 6.20 Å². The van der Waals surface area contributed by atoms with Crippen LogP contribution in [0.4, 0.5) is 0 Å². The van der Waals surface area contributed by atoms with Gasteiger partial charge in [0.05, 0.1) is 11.0 Å². The van der Waals surface area contributed by atoms with Crippen LogP contribution in [0.5, 0.6) is 0 Å². The second-order valence-electron chi connectivity index (χ2n) is 8.20. The summed E-state index contributed by atoms with van der Waals surface area (Å²) >= 11 is 0. The van der Waals surface area contributed by atoms with Crippen LogP contribution in [0.25, 0.3) is 27.6 Å². The lowest BCUT2D eigenvalue weighted by atomic mass is 10.0. The van der Waals surface area contributed by atoms with Gasteiger partial charge < -0.3 is 0 Å². The van der Waals surface area contributed by atoms with Gasteiger partial charge in [-0.1, -0.05) is 30.3 Å². The van der Waals surface area contributed by atoms with E-state index >= 15 is 0 Å². The van der Waals surface area contributed by atoms with E-state index in [1.807, 2.05) is 59.2 Å².